The third-order valence-electron chi connectivity index (χ3n) is 2.45. The van der Waals surface area contributed by atoms with Crippen molar-refractivity contribution in [2.24, 2.45) is 0 Å². The van der Waals surface area contributed by atoms with Gasteiger partial charge in [-0.05, 0) is 18.9 Å². The lowest BCUT2D eigenvalue weighted by molar-refractivity contribution is -0.384. The van der Waals surface area contributed by atoms with E-state index >= 15 is 0 Å². The highest BCUT2D eigenvalue weighted by Gasteiger charge is 2.04. The molecular formula is C12H16N2O4. The summed E-state index contributed by atoms with van der Waals surface area (Å²) in [6.07, 6.45) is 2.52. The van der Waals surface area contributed by atoms with Gasteiger partial charge < -0.3 is 10.4 Å². The second-order valence-electron chi connectivity index (χ2n) is 3.94. The lowest BCUT2D eigenvalue weighted by atomic mass is 10.2. The molecule has 6 nitrogen and oxygen atoms in total. The van der Waals surface area contributed by atoms with E-state index in [0.717, 1.165) is 12.8 Å². The third-order valence-corrected chi connectivity index (χ3v) is 2.45. The minimum Gasteiger partial charge on any atom is -0.481 e. The van der Waals surface area contributed by atoms with E-state index in [1.807, 2.05) is 0 Å². The van der Waals surface area contributed by atoms with Gasteiger partial charge in [-0.25, -0.2) is 0 Å². The van der Waals surface area contributed by atoms with Crippen LogP contribution < -0.4 is 5.32 Å². The maximum absolute atomic E-state index is 10.6. The quantitative estimate of drug-likeness (QED) is 0.421. The van der Waals surface area contributed by atoms with Gasteiger partial charge in [0.15, 0.2) is 0 Å². The zero-order chi connectivity index (χ0) is 13.4. The van der Waals surface area contributed by atoms with Crippen LogP contribution in [-0.4, -0.2) is 22.5 Å². The van der Waals surface area contributed by atoms with Crippen LogP contribution in [0.4, 0.5) is 11.4 Å². The summed E-state index contributed by atoms with van der Waals surface area (Å²) in [5, 5.41) is 22.1. The van der Waals surface area contributed by atoms with Crippen molar-refractivity contribution in [1.29, 1.82) is 0 Å². The molecule has 0 heterocycles. The van der Waals surface area contributed by atoms with Gasteiger partial charge in [0.05, 0.1) is 4.92 Å². The van der Waals surface area contributed by atoms with Crippen LogP contribution in [-0.2, 0) is 4.79 Å². The fourth-order valence-corrected chi connectivity index (χ4v) is 1.54. The van der Waals surface area contributed by atoms with Gasteiger partial charge >= 0.3 is 5.97 Å². The molecule has 0 spiro atoms. The monoisotopic (exact) mass is 252 g/mol. The molecular weight excluding hydrogens is 236 g/mol. The number of benzene rings is 1. The maximum Gasteiger partial charge on any atom is 0.303 e. The van der Waals surface area contributed by atoms with Gasteiger partial charge in [-0.2, -0.15) is 0 Å². The Hall–Kier alpha value is -2.11. The van der Waals surface area contributed by atoms with Crippen LogP contribution in [0.15, 0.2) is 24.3 Å². The lowest BCUT2D eigenvalue weighted by Gasteiger charge is -2.05. The molecule has 0 saturated carbocycles. The molecule has 0 bridgehead atoms. The Kier molecular flexibility index (Phi) is 5.63. The molecule has 0 amide bonds. The van der Waals surface area contributed by atoms with Crippen molar-refractivity contribution >= 4 is 17.3 Å². The Morgan fingerprint density at radius 1 is 1.33 bits per heavy atom. The van der Waals surface area contributed by atoms with E-state index in [9.17, 15) is 14.9 Å². The van der Waals surface area contributed by atoms with Crippen molar-refractivity contribution in [2.75, 3.05) is 11.9 Å². The van der Waals surface area contributed by atoms with Crippen LogP contribution in [0, 0.1) is 10.1 Å². The molecule has 6 heteroatoms. The van der Waals surface area contributed by atoms with Crippen LogP contribution in [0.5, 0.6) is 0 Å². The van der Waals surface area contributed by atoms with E-state index < -0.39 is 10.9 Å². The fourth-order valence-electron chi connectivity index (χ4n) is 1.54. The van der Waals surface area contributed by atoms with Gasteiger partial charge in [-0.1, -0.05) is 12.5 Å². The van der Waals surface area contributed by atoms with E-state index in [-0.39, 0.29) is 12.1 Å². The van der Waals surface area contributed by atoms with Crippen molar-refractivity contribution < 1.29 is 14.8 Å². The Balaban J connectivity index is 2.25. The van der Waals surface area contributed by atoms with Crippen LogP contribution in [0.25, 0.3) is 0 Å². The van der Waals surface area contributed by atoms with Gasteiger partial charge in [0.2, 0.25) is 0 Å². The highest BCUT2D eigenvalue weighted by atomic mass is 16.6. The van der Waals surface area contributed by atoms with Gasteiger partial charge in [-0.15, -0.1) is 0 Å². The SMILES string of the molecule is O=C(O)CCCCCNc1cccc([N+](=O)[O-])c1. The number of hydrogen-bond acceptors (Lipinski definition) is 4. The minimum atomic E-state index is -0.776. The molecule has 1 aromatic carbocycles. The lowest BCUT2D eigenvalue weighted by Crippen LogP contribution is -2.02. The summed E-state index contributed by atoms with van der Waals surface area (Å²) in [6.45, 7) is 0.681. The van der Waals surface area contributed by atoms with Crippen LogP contribution >= 0.6 is 0 Å². The summed E-state index contributed by atoms with van der Waals surface area (Å²) in [5.41, 5.74) is 0.772. The van der Waals surface area contributed by atoms with Crippen molar-refractivity contribution in [2.45, 2.75) is 25.7 Å². The number of nitrogens with zero attached hydrogens (tertiary/aromatic N) is 1. The van der Waals surface area contributed by atoms with Gasteiger partial charge in [-0.3, -0.25) is 14.9 Å². The van der Waals surface area contributed by atoms with E-state index in [2.05, 4.69) is 5.32 Å². The second-order valence-corrected chi connectivity index (χ2v) is 3.94. The summed E-state index contributed by atoms with van der Waals surface area (Å²) < 4.78 is 0. The molecule has 18 heavy (non-hydrogen) atoms. The number of carbonyl (C=O) groups is 1. The molecule has 1 rings (SSSR count). The number of nitro groups is 1. The molecule has 1 aromatic rings. The molecule has 0 atom stereocenters. The Morgan fingerprint density at radius 2 is 2.11 bits per heavy atom. The zero-order valence-corrected chi connectivity index (χ0v) is 9.96. The number of nitrogens with one attached hydrogen (secondary N) is 1. The average molecular weight is 252 g/mol. The summed E-state index contributed by atoms with van der Waals surface area (Å²) in [5.74, 6) is -0.776. The number of carboxylic acid groups (broad SMARTS) is 1. The number of aliphatic carboxylic acids is 1. The van der Waals surface area contributed by atoms with Crippen molar-refractivity contribution in [3.8, 4) is 0 Å². The summed E-state index contributed by atoms with van der Waals surface area (Å²) in [6, 6.07) is 6.32. The number of nitro benzene ring substituents is 1. The first-order valence-electron chi connectivity index (χ1n) is 5.79. The third kappa shape index (κ3) is 5.29. The molecule has 0 aliphatic rings. The van der Waals surface area contributed by atoms with E-state index in [0.29, 0.717) is 18.7 Å². The molecule has 98 valence electrons. The largest absolute Gasteiger partial charge is 0.481 e. The normalized spacial score (nSPS) is 10.0. The molecule has 0 aromatic heterocycles. The predicted octanol–water partition coefficient (Wildman–Crippen LogP) is 2.65. The van der Waals surface area contributed by atoms with E-state index in [1.165, 1.54) is 12.1 Å². The highest BCUT2D eigenvalue weighted by molar-refractivity contribution is 5.66. The summed E-state index contributed by atoms with van der Waals surface area (Å²) in [4.78, 5) is 20.4. The van der Waals surface area contributed by atoms with Crippen molar-refractivity contribution in [3.63, 3.8) is 0 Å². The van der Waals surface area contributed by atoms with Gasteiger partial charge in [0, 0.05) is 30.8 Å². The smallest absolute Gasteiger partial charge is 0.303 e. The molecule has 0 saturated heterocycles. The first-order valence-corrected chi connectivity index (χ1v) is 5.79. The molecule has 0 fully saturated rings. The minimum absolute atomic E-state index is 0.0610. The molecule has 0 radical (unpaired) electrons. The Labute approximate surface area is 105 Å². The topological polar surface area (TPSA) is 92.5 Å². The van der Waals surface area contributed by atoms with Crippen LogP contribution in [0.3, 0.4) is 0 Å². The first-order chi connectivity index (χ1) is 8.59. The predicted molar refractivity (Wildman–Crippen MR) is 67.7 cm³/mol. The molecule has 2 N–H and O–H groups in total. The van der Waals surface area contributed by atoms with Gasteiger partial charge in [0.25, 0.3) is 5.69 Å². The van der Waals surface area contributed by atoms with E-state index in [1.54, 1.807) is 12.1 Å². The van der Waals surface area contributed by atoms with Crippen LogP contribution in [0.1, 0.15) is 25.7 Å². The second kappa shape index (κ2) is 7.26. The summed E-state index contributed by atoms with van der Waals surface area (Å²) >= 11 is 0. The molecule has 0 aliphatic heterocycles. The van der Waals surface area contributed by atoms with E-state index in [4.69, 9.17) is 5.11 Å². The van der Waals surface area contributed by atoms with Crippen LogP contribution in [0.2, 0.25) is 0 Å². The van der Waals surface area contributed by atoms with Crippen molar-refractivity contribution in [3.05, 3.63) is 34.4 Å². The average Bonchev–Trinajstić information content (AvgIpc) is 2.33. The highest BCUT2D eigenvalue weighted by Crippen LogP contribution is 2.17. The zero-order valence-electron chi connectivity index (χ0n) is 9.96. The number of non-ortho nitro benzene ring substituents is 1. The number of hydrogen-bond donors (Lipinski definition) is 2. The van der Waals surface area contributed by atoms with Gasteiger partial charge in [0.1, 0.15) is 0 Å². The Morgan fingerprint density at radius 3 is 2.78 bits per heavy atom. The standard InChI is InChI=1S/C12H16N2O4/c15-12(16)7-2-1-3-8-13-10-5-4-6-11(9-10)14(17)18/h4-6,9,13H,1-3,7-8H2,(H,15,16). The number of unbranched alkanes of at least 4 members (excludes halogenated alkanes) is 2. The maximum atomic E-state index is 10.6. The number of rotatable bonds is 8. The summed E-state index contributed by atoms with van der Waals surface area (Å²) in [7, 11) is 0. The molecule has 0 unspecified atom stereocenters. The first kappa shape index (κ1) is 14.0. The van der Waals surface area contributed by atoms with Crippen molar-refractivity contribution in [1.82, 2.24) is 0 Å². The molecule has 0 aliphatic carbocycles. The number of anilines is 1. The Bertz CT molecular complexity index is 420. The fraction of sp³-hybridized carbons (Fsp3) is 0.417. The number of carboxylic acids is 1.